The van der Waals surface area contributed by atoms with Gasteiger partial charge in [-0.2, -0.15) is 0 Å². The summed E-state index contributed by atoms with van der Waals surface area (Å²) in [6.07, 6.45) is 9.27. The zero-order valence-electron chi connectivity index (χ0n) is 25.0. The van der Waals surface area contributed by atoms with E-state index in [1.807, 2.05) is 0 Å². The van der Waals surface area contributed by atoms with E-state index in [-0.39, 0.29) is 46.5 Å². The summed E-state index contributed by atoms with van der Waals surface area (Å²) >= 11 is 0. The van der Waals surface area contributed by atoms with E-state index in [2.05, 4.69) is 20.8 Å². The molecule has 4 aliphatic carbocycles. The van der Waals surface area contributed by atoms with Gasteiger partial charge in [0.15, 0.2) is 0 Å². The fraction of sp³-hybridized carbons (Fsp3) is 0.938. The number of rotatable bonds is 5. The SMILES string of the molecule is CC(=O)O[C@H]1CC[C@]2(C)[C@H]3CC[C@]4(C)[C@@H]([C@H](C)[C@H]5C[C@@H](C(C)(C)O)[C@H](OC(C)=O)O5)CC[C@H]4[C@@H]3C[C@H]3O[C@]32C1. The number of hydrogen-bond donors (Lipinski definition) is 1. The normalized spacial score (nSPS) is 51.1. The van der Waals surface area contributed by atoms with Crippen LogP contribution < -0.4 is 0 Å². The molecule has 1 spiro atoms. The number of ether oxygens (including phenoxy) is 4. The third-order valence-electron chi connectivity index (χ3n) is 13.0. The number of fused-ring (bicyclic) bond motifs is 4. The van der Waals surface area contributed by atoms with Crippen molar-refractivity contribution in [3.63, 3.8) is 0 Å². The van der Waals surface area contributed by atoms with Gasteiger partial charge in [0.25, 0.3) is 0 Å². The highest BCUT2D eigenvalue weighted by Crippen LogP contribution is 2.74. The van der Waals surface area contributed by atoms with Gasteiger partial charge in [-0.3, -0.25) is 9.59 Å². The van der Waals surface area contributed by atoms with Crippen molar-refractivity contribution >= 4 is 11.9 Å². The molecule has 0 radical (unpaired) electrons. The summed E-state index contributed by atoms with van der Waals surface area (Å²) in [6.45, 7) is 13.9. The summed E-state index contributed by atoms with van der Waals surface area (Å²) in [7, 11) is 0. The molecule has 13 atom stereocenters. The Morgan fingerprint density at radius 2 is 1.69 bits per heavy atom. The second kappa shape index (κ2) is 9.16. The maximum Gasteiger partial charge on any atom is 0.304 e. The monoisotopic (exact) mass is 546 g/mol. The molecule has 7 heteroatoms. The van der Waals surface area contributed by atoms with Gasteiger partial charge in [0.05, 0.1) is 23.7 Å². The molecule has 39 heavy (non-hydrogen) atoms. The molecule has 2 aliphatic heterocycles. The summed E-state index contributed by atoms with van der Waals surface area (Å²) in [6, 6.07) is 0. The van der Waals surface area contributed by atoms with E-state index >= 15 is 0 Å². The molecule has 4 saturated carbocycles. The van der Waals surface area contributed by atoms with Crippen LogP contribution >= 0.6 is 0 Å². The van der Waals surface area contributed by atoms with Crippen LogP contribution in [-0.4, -0.2) is 52.8 Å². The van der Waals surface area contributed by atoms with Gasteiger partial charge < -0.3 is 24.1 Å². The van der Waals surface area contributed by atoms with Crippen molar-refractivity contribution in [3.8, 4) is 0 Å². The van der Waals surface area contributed by atoms with Crippen molar-refractivity contribution in [1.82, 2.24) is 0 Å². The fourth-order valence-electron chi connectivity index (χ4n) is 11.1. The van der Waals surface area contributed by atoms with E-state index in [1.165, 1.54) is 39.5 Å². The number of esters is 2. The Labute approximate surface area is 234 Å². The van der Waals surface area contributed by atoms with Crippen LogP contribution in [0.15, 0.2) is 0 Å². The average molecular weight is 547 g/mol. The summed E-state index contributed by atoms with van der Waals surface area (Å²) in [4.78, 5) is 23.4. The quantitative estimate of drug-likeness (QED) is 0.364. The standard InChI is InChI=1S/C32H50O7/c1-17(26-15-25(29(4,5)35)28(38-26)37-19(3)34)22-8-9-23-21-14-27-32(39-27)16-20(36-18(2)33)10-13-31(32,7)24(21)11-12-30(22,23)6/h17,20-28,35H,8-16H2,1-7H3/t17-,20-,21-,22+,23-,24-,25+,26+,27+,28+,30+,31+,32+/m0/s1. The highest BCUT2D eigenvalue weighted by molar-refractivity contribution is 5.66. The number of carbonyl (C=O) groups is 2. The Bertz CT molecular complexity index is 1000. The second-order valence-corrected chi connectivity index (χ2v) is 15.2. The van der Waals surface area contributed by atoms with Crippen molar-refractivity contribution in [3.05, 3.63) is 0 Å². The van der Waals surface area contributed by atoms with Gasteiger partial charge in [-0.05, 0) is 100 Å². The van der Waals surface area contributed by atoms with Crippen LogP contribution in [0.25, 0.3) is 0 Å². The first kappa shape index (κ1) is 28.0. The molecule has 2 heterocycles. The van der Waals surface area contributed by atoms with Crippen molar-refractivity contribution in [2.45, 2.75) is 142 Å². The lowest BCUT2D eigenvalue weighted by Gasteiger charge is -2.59. The van der Waals surface area contributed by atoms with Crippen molar-refractivity contribution < 1.29 is 33.6 Å². The summed E-state index contributed by atoms with van der Waals surface area (Å²) in [5.41, 5.74) is -0.652. The van der Waals surface area contributed by atoms with Gasteiger partial charge in [0, 0.05) is 25.7 Å². The fourth-order valence-corrected chi connectivity index (χ4v) is 11.1. The molecule has 0 aromatic rings. The number of hydrogen-bond acceptors (Lipinski definition) is 7. The molecule has 220 valence electrons. The van der Waals surface area contributed by atoms with E-state index < -0.39 is 11.9 Å². The minimum Gasteiger partial charge on any atom is -0.462 e. The summed E-state index contributed by atoms with van der Waals surface area (Å²) in [5.74, 6) is 2.14. The van der Waals surface area contributed by atoms with E-state index in [0.717, 1.165) is 25.7 Å². The largest absolute Gasteiger partial charge is 0.462 e. The Morgan fingerprint density at radius 3 is 2.36 bits per heavy atom. The van der Waals surface area contributed by atoms with Crippen LogP contribution in [0.3, 0.4) is 0 Å². The third-order valence-corrected chi connectivity index (χ3v) is 13.0. The van der Waals surface area contributed by atoms with Gasteiger partial charge in [0.2, 0.25) is 6.29 Å². The highest BCUT2D eigenvalue weighted by Gasteiger charge is 2.76. The molecule has 2 saturated heterocycles. The molecule has 1 N–H and O–H groups in total. The van der Waals surface area contributed by atoms with Crippen LogP contribution in [0.1, 0.15) is 106 Å². The maximum absolute atomic E-state index is 11.8. The molecule has 0 aromatic carbocycles. The van der Waals surface area contributed by atoms with Gasteiger partial charge in [-0.15, -0.1) is 0 Å². The predicted molar refractivity (Wildman–Crippen MR) is 144 cm³/mol. The van der Waals surface area contributed by atoms with Crippen LogP contribution in [-0.2, 0) is 28.5 Å². The lowest BCUT2D eigenvalue weighted by Crippen LogP contribution is -2.59. The van der Waals surface area contributed by atoms with E-state index in [1.54, 1.807) is 13.8 Å². The third kappa shape index (κ3) is 4.22. The first-order valence-electron chi connectivity index (χ1n) is 15.6. The van der Waals surface area contributed by atoms with Gasteiger partial charge in [0.1, 0.15) is 11.7 Å². The van der Waals surface area contributed by atoms with Crippen LogP contribution in [0.2, 0.25) is 0 Å². The van der Waals surface area contributed by atoms with Crippen molar-refractivity contribution in [2.75, 3.05) is 0 Å². The number of aliphatic hydroxyl groups is 1. The average Bonchev–Trinajstić information content (AvgIpc) is 3.17. The molecule has 0 amide bonds. The van der Waals surface area contributed by atoms with Crippen molar-refractivity contribution in [1.29, 1.82) is 0 Å². The van der Waals surface area contributed by atoms with E-state index in [0.29, 0.717) is 42.1 Å². The zero-order valence-corrected chi connectivity index (χ0v) is 25.0. The summed E-state index contributed by atoms with van der Waals surface area (Å²) < 4.78 is 24.2. The number of carbonyl (C=O) groups excluding carboxylic acids is 2. The summed E-state index contributed by atoms with van der Waals surface area (Å²) in [5, 5.41) is 10.8. The Kier molecular flexibility index (Phi) is 6.57. The lowest BCUT2D eigenvalue weighted by atomic mass is 9.44. The smallest absolute Gasteiger partial charge is 0.304 e. The first-order valence-corrected chi connectivity index (χ1v) is 15.6. The molecular formula is C32H50O7. The van der Waals surface area contributed by atoms with Gasteiger partial charge >= 0.3 is 11.9 Å². The van der Waals surface area contributed by atoms with Crippen LogP contribution in [0, 0.1) is 46.3 Å². The molecule has 6 fully saturated rings. The lowest BCUT2D eigenvalue weighted by molar-refractivity contribution is -0.195. The zero-order chi connectivity index (χ0) is 28.1. The van der Waals surface area contributed by atoms with Crippen LogP contribution in [0.4, 0.5) is 0 Å². The first-order chi connectivity index (χ1) is 18.2. The minimum atomic E-state index is -0.975. The Morgan fingerprint density at radius 1 is 0.974 bits per heavy atom. The van der Waals surface area contributed by atoms with Crippen LogP contribution in [0.5, 0.6) is 0 Å². The van der Waals surface area contributed by atoms with Crippen molar-refractivity contribution in [2.24, 2.45) is 46.3 Å². The van der Waals surface area contributed by atoms with E-state index in [4.69, 9.17) is 18.9 Å². The van der Waals surface area contributed by atoms with Gasteiger partial charge in [-0.1, -0.05) is 20.8 Å². The van der Waals surface area contributed by atoms with Gasteiger partial charge in [-0.25, -0.2) is 0 Å². The molecule has 6 rings (SSSR count). The molecule has 6 aliphatic rings. The molecule has 7 nitrogen and oxygen atoms in total. The second-order valence-electron chi connectivity index (χ2n) is 15.2. The maximum atomic E-state index is 11.8. The highest BCUT2D eigenvalue weighted by atomic mass is 16.7. The Balaban J connectivity index is 1.18. The van der Waals surface area contributed by atoms with E-state index in [9.17, 15) is 14.7 Å². The predicted octanol–water partition coefficient (Wildman–Crippen LogP) is 5.41. The molecule has 0 aromatic heterocycles. The molecular weight excluding hydrogens is 496 g/mol. The minimum absolute atomic E-state index is 0.00219. The number of epoxide rings is 1. The molecule has 0 bridgehead atoms. The molecule has 0 unspecified atom stereocenters. The topological polar surface area (TPSA) is 94.6 Å². The Hall–Kier alpha value is -1.18.